The number of benzene rings is 2. The molecule has 27 heavy (non-hydrogen) atoms. The lowest BCUT2D eigenvalue weighted by Crippen LogP contribution is -2.14. The Hall–Kier alpha value is -2.79. The average Bonchev–Trinajstić information content (AvgIpc) is 2.91. The van der Waals surface area contributed by atoms with Crippen LogP contribution in [-0.2, 0) is 16.0 Å². The van der Waals surface area contributed by atoms with Gasteiger partial charge in [0.2, 0.25) is 0 Å². The van der Waals surface area contributed by atoms with Gasteiger partial charge in [0.15, 0.2) is 0 Å². The van der Waals surface area contributed by atoms with Crippen LogP contribution in [0.25, 0.3) is 10.9 Å². The highest BCUT2D eigenvalue weighted by Gasteiger charge is 2.23. The summed E-state index contributed by atoms with van der Waals surface area (Å²) >= 11 is 6.30. The van der Waals surface area contributed by atoms with Gasteiger partial charge >= 0.3 is 5.97 Å². The molecule has 0 spiro atoms. The van der Waals surface area contributed by atoms with E-state index in [2.05, 4.69) is 0 Å². The maximum absolute atomic E-state index is 13.2. The van der Waals surface area contributed by atoms with Crippen LogP contribution in [0.4, 0.5) is 0 Å². The third kappa shape index (κ3) is 3.43. The molecular weight excluding hydrogens is 366 g/mol. The first-order chi connectivity index (χ1) is 12.9. The summed E-state index contributed by atoms with van der Waals surface area (Å²) in [4.78, 5) is 25.1. The summed E-state index contributed by atoms with van der Waals surface area (Å²) < 4.78 is 11.7. The Morgan fingerprint density at radius 1 is 1.07 bits per heavy atom. The largest absolute Gasteiger partial charge is 0.495 e. The Kier molecular flexibility index (Phi) is 5.24. The molecule has 0 N–H and O–H groups in total. The lowest BCUT2D eigenvalue weighted by molar-refractivity contribution is -0.139. The van der Waals surface area contributed by atoms with Crippen LogP contribution in [0.1, 0.15) is 27.2 Å². The molecule has 0 bridgehead atoms. The number of rotatable bonds is 4. The zero-order valence-corrected chi connectivity index (χ0v) is 16.4. The minimum Gasteiger partial charge on any atom is -0.495 e. The van der Waals surface area contributed by atoms with Crippen molar-refractivity contribution < 1.29 is 19.1 Å². The van der Waals surface area contributed by atoms with Gasteiger partial charge in [0, 0.05) is 16.6 Å². The van der Waals surface area contributed by atoms with Crippen molar-refractivity contribution >= 4 is 34.4 Å². The predicted molar refractivity (Wildman–Crippen MR) is 105 cm³/mol. The van der Waals surface area contributed by atoms with Gasteiger partial charge in [-0.25, -0.2) is 0 Å². The summed E-state index contributed by atoms with van der Waals surface area (Å²) in [7, 11) is 2.86. The number of halogens is 1. The van der Waals surface area contributed by atoms with Gasteiger partial charge in [-0.3, -0.25) is 14.2 Å². The van der Waals surface area contributed by atoms with E-state index in [0.29, 0.717) is 33.1 Å². The molecule has 0 saturated carbocycles. The Morgan fingerprint density at radius 2 is 1.74 bits per heavy atom. The molecule has 3 aromatic rings. The third-order valence-electron chi connectivity index (χ3n) is 4.66. The highest BCUT2D eigenvalue weighted by molar-refractivity contribution is 6.33. The van der Waals surface area contributed by atoms with E-state index in [9.17, 15) is 9.59 Å². The van der Waals surface area contributed by atoms with Crippen LogP contribution >= 0.6 is 11.6 Å². The molecule has 0 fully saturated rings. The van der Waals surface area contributed by atoms with E-state index in [1.165, 1.54) is 14.2 Å². The van der Waals surface area contributed by atoms with Gasteiger partial charge in [-0.15, -0.1) is 0 Å². The van der Waals surface area contributed by atoms with Crippen molar-refractivity contribution in [1.29, 1.82) is 0 Å². The van der Waals surface area contributed by atoms with Crippen LogP contribution < -0.4 is 4.74 Å². The van der Waals surface area contributed by atoms with Crippen LogP contribution in [0.5, 0.6) is 5.75 Å². The smallest absolute Gasteiger partial charge is 0.310 e. The van der Waals surface area contributed by atoms with Gasteiger partial charge in [0.05, 0.1) is 31.2 Å². The van der Waals surface area contributed by atoms with Crippen molar-refractivity contribution in [3.05, 3.63) is 63.8 Å². The van der Waals surface area contributed by atoms with Crippen molar-refractivity contribution in [3.8, 4) is 5.75 Å². The van der Waals surface area contributed by atoms with Crippen LogP contribution in [0.15, 0.2) is 36.4 Å². The summed E-state index contributed by atoms with van der Waals surface area (Å²) in [6.45, 7) is 3.77. The standard InChI is InChI=1S/C21H20ClNO4/c1-12-5-7-14(8-6-12)21(25)23-13(2)15(10-20(24)27-4)16-9-19(26-3)17(22)11-18(16)23/h5-9,11H,10H2,1-4H3. The van der Waals surface area contributed by atoms with Crippen molar-refractivity contribution in [2.75, 3.05) is 14.2 Å². The van der Waals surface area contributed by atoms with E-state index in [1.807, 2.05) is 26.0 Å². The van der Waals surface area contributed by atoms with E-state index >= 15 is 0 Å². The first-order valence-electron chi connectivity index (χ1n) is 8.43. The summed E-state index contributed by atoms with van der Waals surface area (Å²) in [5.41, 5.74) is 3.64. The second kappa shape index (κ2) is 7.45. The second-order valence-electron chi connectivity index (χ2n) is 6.33. The second-order valence-corrected chi connectivity index (χ2v) is 6.73. The van der Waals surface area contributed by atoms with Crippen LogP contribution in [0.3, 0.4) is 0 Å². The molecule has 0 aliphatic heterocycles. The molecule has 1 heterocycles. The normalized spacial score (nSPS) is 10.9. The lowest BCUT2D eigenvalue weighted by atomic mass is 10.1. The quantitative estimate of drug-likeness (QED) is 0.627. The van der Waals surface area contributed by atoms with Crippen LogP contribution in [0.2, 0.25) is 5.02 Å². The monoisotopic (exact) mass is 385 g/mol. The molecule has 0 atom stereocenters. The van der Waals surface area contributed by atoms with Crippen LogP contribution in [-0.4, -0.2) is 30.7 Å². The molecular formula is C21H20ClNO4. The van der Waals surface area contributed by atoms with E-state index in [0.717, 1.165) is 10.9 Å². The molecule has 0 amide bonds. The van der Waals surface area contributed by atoms with Gasteiger partial charge in [-0.2, -0.15) is 0 Å². The highest BCUT2D eigenvalue weighted by atomic mass is 35.5. The zero-order valence-electron chi connectivity index (χ0n) is 15.6. The van der Waals surface area contributed by atoms with E-state index in [1.54, 1.807) is 28.8 Å². The van der Waals surface area contributed by atoms with E-state index in [-0.39, 0.29) is 18.3 Å². The predicted octanol–water partition coefficient (Wildman–Crippen LogP) is 4.32. The maximum atomic E-state index is 13.2. The fourth-order valence-electron chi connectivity index (χ4n) is 3.16. The molecule has 0 radical (unpaired) electrons. The number of aromatic nitrogens is 1. The van der Waals surface area contributed by atoms with Crippen molar-refractivity contribution in [1.82, 2.24) is 4.57 Å². The number of esters is 1. The topological polar surface area (TPSA) is 57.5 Å². The molecule has 5 nitrogen and oxygen atoms in total. The number of nitrogens with zero attached hydrogens (tertiary/aromatic N) is 1. The van der Waals surface area contributed by atoms with E-state index in [4.69, 9.17) is 21.1 Å². The SMILES string of the molecule is COC(=O)Cc1c(C)n(C(=O)c2ccc(C)cc2)c2cc(Cl)c(OC)cc12. The number of methoxy groups -OCH3 is 2. The maximum Gasteiger partial charge on any atom is 0.310 e. The molecule has 0 aliphatic rings. The number of carbonyl (C=O) groups excluding carboxylic acids is 2. The fraction of sp³-hybridized carbons (Fsp3) is 0.238. The summed E-state index contributed by atoms with van der Waals surface area (Å²) in [6, 6.07) is 10.8. The number of carbonyl (C=O) groups is 2. The minimum absolute atomic E-state index is 0.0534. The first-order valence-corrected chi connectivity index (χ1v) is 8.80. The van der Waals surface area contributed by atoms with Gasteiger partial charge in [-0.05, 0) is 43.7 Å². The zero-order chi connectivity index (χ0) is 19.7. The Balaban J connectivity index is 2.26. The van der Waals surface area contributed by atoms with Crippen molar-refractivity contribution in [2.45, 2.75) is 20.3 Å². The molecule has 2 aromatic carbocycles. The molecule has 0 saturated heterocycles. The fourth-order valence-corrected chi connectivity index (χ4v) is 3.40. The Morgan fingerprint density at radius 3 is 2.33 bits per heavy atom. The number of aryl methyl sites for hydroxylation is 1. The molecule has 0 unspecified atom stereocenters. The molecule has 3 rings (SSSR count). The number of hydrogen-bond donors (Lipinski definition) is 0. The Bertz CT molecular complexity index is 1030. The molecule has 1 aromatic heterocycles. The van der Waals surface area contributed by atoms with Crippen molar-refractivity contribution in [3.63, 3.8) is 0 Å². The van der Waals surface area contributed by atoms with Crippen molar-refractivity contribution in [2.24, 2.45) is 0 Å². The van der Waals surface area contributed by atoms with Crippen LogP contribution in [0, 0.1) is 13.8 Å². The van der Waals surface area contributed by atoms with Gasteiger partial charge < -0.3 is 9.47 Å². The van der Waals surface area contributed by atoms with Gasteiger partial charge in [0.25, 0.3) is 5.91 Å². The van der Waals surface area contributed by atoms with E-state index < -0.39 is 0 Å². The van der Waals surface area contributed by atoms with Gasteiger partial charge in [0.1, 0.15) is 5.75 Å². The van der Waals surface area contributed by atoms with Gasteiger partial charge in [-0.1, -0.05) is 29.3 Å². The minimum atomic E-state index is -0.381. The Labute approximate surface area is 162 Å². The summed E-state index contributed by atoms with van der Waals surface area (Å²) in [5, 5.41) is 1.13. The lowest BCUT2D eigenvalue weighted by Gasteiger charge is -2.09. The third-order valence-corrected chi connectivity index (χ3v) is 4.95. The summed E-state index contributed by atoms with van der Waals surface area (Å²) in [5.74, 6) is -0.0843. The first kappa shape index (κ1) is 19.0. The summed E-state index contributed by atoms with van der Waals surface area (Å²) in [6.07, 6.45) is 0.0534. The highest BCUT2D eigenvalue weighted by Crippen LogP contribution is 2.35. The molecule has 140 valence electrons. The number of hydrogen-bond acceptors (Lipinski definition) is 4. The number of ether oxygens (including phenoxy) is 2. The molecule has 0 aliphatic carbocycles. The molecule has 6 heteroatoms. The average molecular weight is 386 g/mol. The number of fused-ring (bicyclic) bond motifs is 1.